The largest absolute Gasteiger partial charge is 0.492 e. The Morgan fingerprint density at radius 3 is 2.71 bits per heavy atom. The molecular formula is C17H21N3O3S. The number of likely N-dealkylation sites (N-methyl/N-ethyl adjacent to an activating group) is 1. The second-order valence-corrected chi connectivity index (χ2v) is 6.09. The Morgan fingerprint density at radius 1 is 1.29 bits per heavy atom. The van der Waals surface area contributed by atoms with Crippen molar-refractivity contribution < 1.29 is 14.4 Å². The molecule has 2 N–H and O–H groups in total. The van der Waals surface area contributed by atoms with Gasteiger partial charge in [-0.2, -0.15) is 0 Å². The number of hydrogen-bond acceptors (Lipinski definition) is 7. The topological polar surface area (TPSA) is 77.7 Å². The zero-order chi connectivity index (χ0) is 17.2. The summed E-state index contributed by atoms with van der Waals surface area (Å²) in [6.45, 7) is 1.29. The summed E-state index contributed by atoms with van der Waals surface area (Å²) < 4.78 is 5.75. The number of benzene rings is 1. The van der Waals surface area contributed by atoms with Crippen LogP contribution < -0.4 is 15.5 Å². The van der Waals surface area contributed by atoms with Crippen LogP contribution in [-0.2, 0) is 16.1 Å². The van der Waals surface area contributed by atoms with E-state index in [0.29, 0.717) is 13.0 Å². The van der Waals surface area contributed by atoms with E-state index in [1.165, 1.54) is 0 Å². The number of thioether (sulfide) groups is 1. The van der Waals surface area contributed by atoms with E-state index in [2.05, 4.69) is 4.98 Å². The molecular weight excluding hydrogens is 326 g/mol. The highest BCUT2D eigenvalue weighted by Gasteiger charge is 2.09. The second-order valence-electron chi connectivity index (χ2n) is 5.10. The van der Waals surface area contributed by atoms with E-state index in [1.54, 1.807) is 6.20 Å². The summed E-state index contributed by atoms with van der Waals surface area (Å²) in [5.74, 6) is 6.87. The predicted octanol–water partition coefficient (Wildman–Crippen LogP) is 2.28. The van der Waals surface area contributed by atoms with Gasteiger partial charge < -0.3 is 9.64 Å². The summed E-state index contributed by atoms with van der Waals surface area (Å²) in [5.41, 5.74) is 1.38. The van der Waals surface area contributed by atoms with Crippen LogP contribution in [-0.4, -0.2) is 36.2 Å². The Kier molecular flexibility index (Phi) is 7.54. The summed E-state index contributed by atoms with van der Waals surface area (Å²) in [7, 11) is 1.98. The van der Waals surface area contributed by atoms with Crippen molar-refractivity contribution >= 4 is 23.2 Å². The Bertz CT molecular complexity index is 610. The molecule has 1 heterocycles. The van der Waals surface area contributed by atoms with Crippen molar-refractivity contribution in [1.82, 2.24) is 4.98 Å². The molecule has 0 fully saturated rings. The number of nitrogens with two attached hydrogens (primary N) is 1. The molecule has 0 radical (unpaired) electrons. The molecule has 0 spiro atoms. The molecule has 1 unspecified atom stereocenters. The van der Waals surface area contributed by atoms with Crippen molar-refractivity contribution in [2.45, 2.75) is 11.9 Å². The van der Waals surface area contributed by atoms with Gasteiger partial charge in [0.25, 0.3) is 0 Å². The van der Waals surface area contributed by atoms with Gasteiger partial charge >= 0.3 is 0 Å². The number of aromatic nitrogens is 1. The van der Waals surface area contributed by atoms with E-state index in [9.17, 15) is 4.79 Å². The highest BCUT2D eigenvalue weighted by molar-refractivity contribution is 8.12. The molecule has 24 heavy (non-hydrogen) atoms. The number of nitrogens with zero attached hydrogens (tertiary/aromatic N) is 2. The first-order valence-electron chi connectivity index (χ1n) is 7.51. The quantitative estimate of drug-likeness (QED) is 0.401. The number of ether oxygens (including phenoxy) is 1. The number of anilines is 1. The van der Waals surface area contributed by atoms with Crippen molar-refractivity contribution in [1.29, 1.82) is 0 Å². The fourth-order valence-electron chi connectivity index (χ4n) is 2.10. The van der Waals surface area contributed by atoms with E-state index in [1.807, 2.05) is 54.4 Å². The zero-order valence-corrected chi connectivity index (χ0v) is 14.3. The van der Waals surface area contributed by atoms with Crippen LogP contribution in [0.2, 0.25) is 0 Å². The summed E-state index contributed by atoms with van der Waals surface area (Å²) in [6.07, 6.45) is 2.33. The lowest BCUT2D eigenvalue weighted by Crippen LogP contribution is -2.24. The molecule has 0 amide bonds. The van der Waals surface area contributed by atoms with Crippen LogP contribution in [0.5, 0.6) is 5.75 Å². The van der Waals surface area contributed by atoms with Crippen molar-refractivity contribution in [2.75, 3.05) is 25.1 Å². The minimum Gasteiger partial charge on any atom is -0.492 e. The Morgan fingerprint density at radius 2 is 2.08 bits per heavy atom. The third kappa shape index (κ3) is 5.84. The van der Waals surface area contributed by atoms with E-state index >= 15 is 0 Å². The molecule has 6 nitrogen and oxygen atoms in total. The van der Waals surface area contributed by atoms with Crippen LogP contribution in [0.25, 0.3) is 0 Å². The molecule has 1 aromatic heterocycles. The maximum absolute atomic E-state index is 10.5. The van der Waals surface area contributed by atoms with E-state index in [0.717, 1.165) is 41.1 Å². The molecule has 1 atom stereocenters. The number of pyridine rings is 1. The minimum atomic E-state index is -0.374. The number of hydrogen-bond donors (Lipinski definition) is 1. The van der Waals surface area contributed by atoms with Gasteiger partial charge in [0.2, 0.25) is 0 Å². The Balaban J connectivity index is 1.78. The highest BCUT2D eigenvalue weighted by atomic mass is 32.2. The van der Waals surface area contributed by atoms with Gasteiger partial charge in [-0.05, 0) is 29.8 Å². The van der Waals surface area contributed by atoms with Crippen molar-refractivity contribution in [3.8, 4) is 5.75 Å². The number of rotatable bonds is 10. The Labute approximate surface area is 145 Å². The van der Waals surface area contributed by atoms with Crippen molar-refractivity contribution in [3.63, 3.8) is 0 Å². The smallest absolute Gasteiger partial charge is 0.178 e. The van der Waals surface area contributed by atoms with Gasteiger partial charge in [-0.3, -0.25) is 9.63 Å². The molecule has 0 aliphatic rings. The summed E-state index contributed by atoms with van der Waals surface area (Å²) >= 11 is 1.02. The molecule has 0 bridgehead atoms. The van der Waals surface area contributed by atoms with E-state index < -0.39 is 0 Å². The van der Waals surface area contributed by atoms with Crippen LogP contribution in [0.4, 0.5) is 5.82 Å². The lowest BCUT2D eigenvalue weighted by Gasteiger charge is -2.18. The first-order valence-corrected chi connectivity index (χ1v) is 8.45. The molecule has 0 aliphatic heterocycles. The standard InChI is InChI=1S/C17H21N3O3S/c1-20(16-4-2-3-9-19-16)10-11-22-15-7-5-14(6-8-15)12-17(23-18)24-13-21/h2-9,13,17H,10-12,18H2,1H3. The lowest BCUT2D eigenvalue weighted by atomic mass is 10.1. The van der Waals surface area contributed by atoms with Gasteiger partial charge in [0, 0.05) is 19.7 Å². The minimum absolute atomic E-state index is 0.374. The molecule has 2 aromatic rings. The monoisotopic (exact) mass is 347 g/mol. The maximum Gasteiger partial charge on any atom is 0.178 e. The van der Waals surface area contributed by atoms with E-state index in [-0.39, 0.29) is 5.44 Å². The van der Waals surface area contributed by atoms with Crippen molar-refractivity contribution in [2.24, 2.45) is 5.90 Å². The predicted molar refractivity (Wildman–Crippen MR) is 96.5 cm³/mol. The van der Waals surface area contributed by atoms with Gasteiger partial charge in [0.1, 0.15) is 23.6 Å². The average molecular weight is 347 g/mol. The summed E-state index contributed by atoms with van der Waals surface area (Å²) in [4.78, 5) is 21.6. The normalized spacial score (nSPS) is 11.8. The lowest BCUT2D eigenvalue weighted by molar-refractivity contribution is 0.116. The number of carbonyl (C=O) groups is 1. The highest BCUT2D eigenvalue weighted by Crippen LogP contribution is 2.18. The molecule has 1 aromatic carbocycles. The first-order chi connectivity index (χ1) is 11.7. The van der Waals surface area contributed by atoms with Gasteiger partial charge in [-0.25, -0.2) is 10.9 Å². The summed E-state index contributed by atoms with van der Waals surface area (Å²) in [6, 6.07) is 13.5. The molecule has 128 valence electrons. The second kappa shape index (κ2) is 9.92. The van der Waals surface area contributed by atoms with Crippen LogP contribution in [0.1, 0.15) is 5.56 Å². The zero-order valence-electron chi connectivity index (χ0n) is 13.5. The fourth-order valence-corrected chi connectivity index (χ4v) is 2.58. The van der Waals surface area contributed by atoms with Crippen LogP contribution in [0.15, 0.2) is 48.7 Å². The molecule has 0 saturated heterocycles. The third-order valence-electron chi connectivity index (χ3n) is 3.42. The molecule has 0 aliphatic carbocycles. The first kappa shape index (κ1) is 18.3. The van der Waals surface area contributed by atoms with Crippen molar-refractivity contribution in [3.05, 3.63) is 54.2 Å². The van der Waals surface area contributed by atoms with Crippen LogP contribution >= 0.6 is 11.8 Å². The average Bonchev–Trinajstić information content (AvgIpc) is 2.63. The molecule has 0 saturated carbocycles. The Hall–Kier alpha value is -2.09. The van der Waals surface area contributed by atoms with Gasteiger partial charge in [-0.1, -0.05) is 30.0 Å². The third-order valence-corrected chi connectivity index (χ3v) is 4.11. The SMILES string of the molecule is CN(CCOc1ccc(CC(ON)SC=O)cc1)c1ccccn1. The molecule has 2 rings (SSSR count). The van der Waals surface area contributed by atoms with Crippen LogP contribution in [0, 0.1) is 0 Å². The summed E-state index contributed by atoms with van der Waals surface area (Å²) in [5, 5.41) is 0. The van der Waals surface area contributed by atoms with E-state index in [4.69, 9.17) is 15.5 Å². The molecule has 7 heteroatoms. The number of carbonyl (C=O) groups excluding carboxylic acids is 1. The maximum atomic E-state index is 10.5. The van der Waals surface area contributed by atoms with Gasteiger partial charge in [-0.15, -0.1) is 0 Å². The van der Waals surface area contributed by atoms with Gasteiger partial charge in [0.15, 0.2) is 5.62 Å². The fraction of sp³-hybridized carbons (Fsp3) is 0.294. The van der Waals surface area contributed by atoms with Crippen LogP contribution in [0.3, 0.4) is 0 Å². The van der Waals surface area contributed by atoms with Gasteiger partial charge in [0.05, 0.1) is 6.54 Å².